The SMILES string of the molecule is c1nc(C2CC2)cc(N2C[C@H]3C[C@H]2CO3)n1. The number of hydrogen-bond acceptors (Lipinski definition) is 4. The molecule has 1 aliphatic carbocycles. The van der Waals surface area contributed by atoms with Crippen LogP contribution in [0.5, 0.6) is 0 Å². The fourth-order valence-electron chi connectivity index (χ4n) is 2.80. The zero-order valence-corrected chi connectivity index (χ0v) is 9.17. The predicted octanol–water partition coefficient (Wildman–Crippen LogP) is 1.33. The van der Waals surface area contributed by atoms with Crippen molar-refractivity contribution in [1.82, 2.24) is 9.97 Å². The highest BCUT2D eigenvalue weighted by atomic mass is 16.5. The van der Waals surface area contributed by atoms with Gasteiger partial charge in [0, 0.05) is 24.2 Å². The Kier molecular flexibility index (Phi) is 1.77. The Bertz CT molecular complexity index is 418. The lowest BCUT2D eigenvalue weighted by Crippen LogP contribution is -2.37. The van der Waals surface area contributed by atoms with E-state index in [2.05, 4.69) is 20.9 Å². The summed E-state index contributed by atoms with van der Waals surface area (Å²) >= 11 is 0. The van der Waals surface area contributed by atoms with E-state index in [0.29, 0.717) is 18.1 Å². The highest BCUT2D eigenvalue weighted by Gasteiger charge is 2.40. The Morgan fingerprint density at radius 3 is 2.94 bits per heavy atom. The molecule has 4 nitrogen and oxygen atoms in total. The summed E-state index contributed by atoms with van der Waals surface area (Å²) in [6.45, 7) is 1.87. The average Bonchev–Trinajstić information content (AvgIpc) is 2.98. The van der Waals surface area contributed by atoms with Gasteiger partial charge in [-0.05, 0) is 19.3 Å². The van der Waals surface area contributed by atoms with Crippen LogP contribution in [0.1, 0.15) is 30.9 Å². The molecule has 2 atom stereocenters. The minimum atomic E-state index is 0.435. The van der Waals surface area contributed by atoms with Crippen molar-refractivity contribution in [3.05, 3.63) is 18.1 Å². The van der Waals surface area contributed by atoms with Gasteiger partial charge in [-0.3, -0.25) is 0 Å². The van der Waals surface area contributed by atoms with Gasteiger partial charge in [-0.2, -0.15) is 0 Å². The van der Waals surface area contributed by atoms with Crippen LogP contribution < -0.4 is 4.90 Å². The minimum Gasteiger partial charge on any atom is -0.374 e. The van der Waals surface area contributed by atoms with Gasteiger partial charge in [-0.1, -0.05) is 0 Å². The van der Waals surface area contributed by atoms with Gasteiger partial charge in [0.1, 0.15) is 12.1 Å². The number of nitrogens with zero attached hydrogens (tertiary/aromatic N) is 3. The Morgan fingerprint density at radius 2 is 2.25 bits per heavy atom. The molecule has 1 aromatic rings. The monoisotopic (exact) mass is 217 g/mol. The van der Waals surface area contributed by atoms with Gasteiger partial charge in [0.25, 0.3) is 0 Å². The largest absolute Gasteiger partial charge is 0.374 e. The first-order valence-electron chi connectivity index (χ1n) is 6.10. The van der Waals surface area contributed by atoms with Crippen LogP contribution in [0.15, 0.2) is 12.4 Å². The maximum atomic E-state index is 5.61. The van der Waals surface area contributed by atoms with E-state index in [0.717, 1.165) is 19.0 Å². The molecule has 3 fully saturated rings. The van der Waals surface area contributed by atoms with Crippen molar-refractivity contribution in [2.24, 2.45) is 0 Å². The summed E-state index contributed by atoms with van der Waals surface area (Å²) in [4.78, 5) is 11.2. The van der Waals surface area contributed by atoms with Crippen LogP contribution in [0.25, 0.3) is 0 Å². The van der Waals surface area contributed by atoms with Gasteiger partial charge >= 0.3 is 0 Å². The number of morpholine rings is 1. The Hall–Kier alpha value is -1.16. The molecule has 2 saturated heterocycles. The molecule has 0 aromatic carbocycles. The molecule has 0 unspecified atom stereocenters. The van der Waals surface area contributed by atoms with Crippen LogP contribution in [0.3, 0.4) is 0 Å². The van der Waals surface area contributed by atoms with E-state index in [4.69, 9.17) is 4.74 Å². The lowest BCUT2D eigenvalue weighted by atomic mass is 10.2. The highest BCUT2D eigenvalue weighted by molar-refractivity contribution is 5.44. The molecule has 16 heavy (non-hydrogen) atoms. The number of hydrogen-bond donors (Lipinski definition) is 0. The van der Waals surface area contributed by atoms with Crippen molar-refractivity contribution in [2.75, 3.05) is 18.1 Å². The van der Waals surface area contributed by atoms with Crippen LogP contribution in [0, 0.1) is 0 Å². The van der Waals surface area contributed by atoms with E-state index in [-0.39, 0.29) is 0 Å². The maximum Gasteiger partial charge on any atom is 0.132 e. The van der Waals surface area contributed by atoms with Crippen molar-refractivity contribution in [1.29, 1.82) is 0 Å². The fourth-order valence-corrected chi connectivity index (χ4v) is 2.80. The third-order valence-electron chi connectivity index (χ3n) is 3.86. The second-order valence-electron chi connectivity index (χ2n) is 5.07. The summed E-state index contributed by atoms with van der Waals surface area (Å²) in [5.74, 6) is 1.81. The average molecular weight is 217 g/mol. The summed E-state index contributed by atoms with van der Waals surface area (Å²) in [5, 5.41) is 0. The van der Waals surface area contributed by atoms with E-state index in [9.17, 15) is 0 Å². The predicted molar refractivity (Wildman–Crippen MR) is 59.5 cm³/mol. The van der Waals surface area contributed by atoms with Gasteiger partial charge in [0.05, 0.1) is 18.8 Å². The van der Waals surface area contributed by atoms with Crippen molar-refractivity contribution in [3.63, 3.8) is 0 Å². The molecule has 3 heterocycles. The molecule has 3 aliphatic rings. The first kappa shape index (κ1) is 8.93. The molecule has 4 rings (SSSR count). The van der Waals surface area contributed by atoms with Crippen LogP contribution in [0.4, 0.5) is 5.82 Å². The van der Waals surface area contributed by atoms with E-state index >= 15 is 0 Å². The summed E-state index contributed by atoms with van der Waals surface area (Å²) in [6.07, 6.45) is 5.92. The lowest BCUT2D eigenvalue weighted by Gasteiger charge is -2.27. The van der Waals surface area contributed by atoms with Gasteiger partial charge in [0.15, 0.2) is 0 Å². The molecule has 4 heteroatoms. The molecular weight excluding hydrogens is 202 g/mol. The van der Waals surface area contributed by atoms with Crippen LogP contribution in [0.2, 0.25) is 0 Å². The van der Waals surface area contributed by atoms with Crippen LogP contribution in [-0.4, -0.2) is 35.3 Å². The summed E-state index contributed by atoms with van der Waals surface area (Å²) in [7, 11) is 0. The van der Waals surface area contributed by atoms with Crippen molar-refractivity contribution in [3.8, 4) is 0 Å². The summed E-state index contributed by atoms with van der Waals surface area (Å²) < 4.78 is 5.61. The molecule has 2 aliphatic heterocycles. The Labute approximate surface area is 94.6 Å². The summed E-state index contributed by atoms with van der Waals surface area (Å²) in [6, 6.07) is 2.73. The zero-order chi connectivity index (χ0) is 10.5. The number of anilines is 1. The Balaban J connectivity index is 1.64. The molecule has 1 aromatic heterocycles. The van der Waals surface area contributed by atoms with Gasteiger partial charge in [-0.15, -0.1) is 0 Å². The molecule has 0 radical (unpaired) electrons. The molecule has 84 valence electrons. The van der Waals surface area contributed by atoms with E-state index < -0.39 is 0 Å². The smallest absolute Gasteiger partial charge is 0.132 e. The number of ether oxygens (including phenoxy) is 1. The molecule has 0 spiro atoms. The van der Waals surface area contributed by atoms with E-state index in [1.807, 2.05) is 0 Å². The number of aromatic nitrogens is 2. The van der Waals surface area contributed by atoms with Crippen molar-refractivity contribution < 1.29 is 4.74 Å². The van der Waals surface area contributed by atoms with Crippen molar-refractivity contribution in [2.45, 2.75) is 37.3 Å². The van der Waals surface area contributed by atoms with E-state index in [1.165, 1.54) is 25.0 Å². The maximum absolute atomic E-state index is 5.61. The molecule has 0 amide bonds. The fraction of sp³-hybridized carbons (Fsp3) is 0.667. The lowest BCUT2D eigenvalue weighted by molar-refractivity contribution is 0.0989. The highest BCUT2D eigenvalue weighted by Crippen LogP contribution is 2.40. The third kappa shape index (κ3) is 1.33. The van der Waals surface area contributed by atoms with Crippen LogP contribution >= 0.6 is 0 Å². The first-order chi connectivity index (χ1) is 7.90. The van der Waals surface area contributed by atoms with Crippen molar-refractivity contribution >= 4 is 5.82 Å². The van der Waals surface area contributed by atoms with Gasteiger partial charge in [-0.25, -0.2) is 9.97 Å². The zero-order valence-electron chi connectivity index (χ0n) is 9.17. The normalized spacial score (nSPS) is 32.4. The van der Waals surface area contributed by atoms with Gasteiger partial charge in [0.2, 0.25) is 0 Å². The third-order valence-corrected chi connectivity index (χ3v) is 3.86. The molecule has 0 N–H and O–H groups in total. The molecule has 2 bridgehead atoms. The van der Waals surface area contributed by atoms with Crippen LogP contribution in [-0.2, 0) is 4.74 Å². The van der Waals surface area contributed by atoms with Gasteiger partial charge < -0.3 is 9.64 Å². The topological polar surface area (TPSA) is 38.2 Å². The number of rotatable bonds is 2. The van der Waals surface area contributed by atoms with E-state index in [1.54, 1.807) is 6.33 Å². The second-order valence-corrected chi connectivity index (χ2v) is 5.07. The second kappa shape index (κ2) is 3.17. The Morgan fingerprint density at radius 1 is 1.31 bits per heavy atom. The quantitative estimate of drug-likeness (QED) is 0.749. The molecular formula is C12H15N3O. The summed E-state index contributed by atoms with van der Waals surface area (Å²) in [5.41, 5.74) is 1.23. The number of fused-ring (bicyclic) bond motifs is 2. The standard InChI is InChI=1S/C12H15N3O/c1-2-8(1)11-4-12(14-7-13-11)15-5-10-3-9(15)6-16-10/h4,7-10H,1-3,5-6H2/t9-,10+/m0/s1. The first-order valence-corrected chi connectivity index (χ1v) is 6.10. The minimum absolute atomic E-state index is 0.435. The molecule has 1 saturated carbocycles.